The Morgan fingerprint density at radius 3 is 2.59 bits per heavy atom. The van der Waals surface area contributed by atoms with Gasteiger partial charge in [-0.1, -0.05) is 24.3 Å². The number of H-pyrrole nitrogens is 1. The van der Waals surface area contributed by atoms with Gasteiger partial charge in [0.25, 0.3) is 0 Å². The summed E-state index contributed by atoms with van der Waals surface area (Å²) in [7, 11) is 0. The number of fused-ring (bicyclic) bond motifs is 1. The summed E-state index contributed by atoms with van der Waals surface area (Å²) in [5.41, 5.74) is 2.73. The number of nitrogens with one attached hydrogen (secondary N) is 1. The summed E-state index contributed by atoms with van der Waals surface area (Å²) in [6.45, 7) is 0. The fourth-order valence-corrected chi connectivity index (χ4v) is 1.99. The maximum absolute atomic E-state index is 11.3. The van der Waals surface area contributed by atoms with Crippen molar-refractivity contribution in [2.45, 2.75) is 0 Å². The molecule has 17 heavy (non-hydrogen) atoms. The number of benzene rings is 1. The second kappa shape index (κ2) is 3.56. The third kappa shape index (κ3) is 1.52. The van der Waals surface area contributed by atoms with Gasteiger partial charge in [0.2, 0.25) is 11.6 Å². The lowest BCUT2D eigenvalue weighted by Crippen LogP contribution is -2.11. The molecule has 1 heterocycles. The Kier molecular flexibility index (Phi) is 2.05. The van der Waals surface area contributed by atoms with Crippen LogP contribution in [0, 0.1) is 0 Å². The van der Waals surface area contributed by atoms with Gasteiger partial charge < -0.3 is 4.98 Å². The van der Waals surface area contributed by atoms with Gasteiger partial charge in [-0.25, -0.2) is 0 Å². The van der Waals surface area contributed by atoms with Crippen molar-refractivity contribution in [3.63, 3.8) is 0 Å². The summed E-state index contributed by atoms with van der Waals surface area (Å²) in [5.74, 6) is -0.929. The lowest BCUT2D eigenvalue weighted by molar-refractivity contribution is -0.131. The van der Waals surface area contributed by atoms with Crippen molar-refractivity contribution in [3.05, 3.63) is 54.3 Å². The molecule has 0 amide bonds. The molecule has 0 aliphatic heterocycles. The molecule has 2 aromatic rings. The molecule has 3 nitrogen and oxygen atoms in total. The summed E-state index contributed by atoms with van der Waals surface area (Å²) >= 11 is 0. The van der Waals surface area contributed by atoms with Crippen molar-refractivity contribution in [2.75, 3.05) is 0 Å². The highest BCUT2D eigenvalue weighted by Crippen LogP contribution is 2.26. The second-order valence-electron chi connectivity index (χ2n) is 3.91. The first-order chi connectivity index (χ1) is 8.25. The van der Waals surface area contributed by atoms with E-state index >= 15 is 0 Å². The lowest BCUT2D eigenvalue weighted by Gasteiger charge is -2.04. The number of aromatic nitrogens is 1. The van der Waals surface area contributed by atoms with E-state index in [4.69, 9.17) is 0 Å². The maximum atomic E-state index is 11.3. The van der Waals surface area contributed by atoms with Crippen LogP contribution in [0.1, 0.15) is 5.56 Å². The summed E-state index contributed by atoms with van der Waals surface area (Å²) in [4.78, 5) is 25.6. The molecule has 0 bridgehead atoms. The van der Waals surface area contributed by atoms with Gasteiger partial charge in [0, 0.05) is 22.7 Å². The average Bonchev–Trinajstić information content (AvgIpc) is 2.76. The van der Waals surface area contributed by atoms with Crippen molar-refractivity contribution in [2.24, 2.45) is 0 Å². The molecule has 0 unspecified atom stereocenters. The molecule has 0 fully saturated rings. The fraction of sp³-hybridized carbons (Fsp3) is 0. The number of aromatic amines is 1. The van der Waals surface area contributed by atoms with Crippen LogP contribution in [0.5, 0.6) is 0 Å². The highest BCUT2D eigenvalue weighted by molar-refractivity contribution is 6.48. The van der Waals surface area contributed by atoms with E-state index in [2.05, 4.69) is 4.98 Å². The monoisotopic (exact) mass is 223 g/mol. The first-order valence-corrected chi connectivity index (χ1v) is 5.30. The summed E-state index contributed by atoms with van der Waals surface area (Å²) < 4.78 is 0. The van der Waals surface area contributed by atoms with Crippen LogP contribution in [0.4, 0.5) is 0 Å². The van der Waals surface area contributed by atoms with E-state index in [1.54, 1.807) is 6.08 Å². The number of para-hydroxylation sites is 1. The number of hydrogen-bond donors (Lipinski definition) is 1. The molecule has 82 valence electrons. The summed E-state index contributed by atoms with van der Waals surface area (Å²) in [5, 5.41) is 1.05. The maximum Gasteiger partial charge on any atom is 0.226 e. The van der Waals surface area contributed by atoms with E-state index < -0.39 is 11.6 Å². The van der Waals surface area contributed by atoms with Crippen molar-refractivity contribution in [3.8, 4) is 0 Å². The molecule has 0 spiro atoms. The topological polar surface area (TPSA) is 49.9 Å². The summed E-state index contributed by atoms with van der Waals surface area (Å²) in [6, 6.07) is 7.85. The zero-order valence-electron chi connectivity index (χ0n) is 8.94. The zero-order valence-corrected chi connectivity index (χ0v) is 8.94. The molecule has 3 rings (SSSR count). The molecule has 0 atom stereocenters. The predicted molar refractivity (Wildman–Crippen MR) is 65.4 cm³/mol. The van der Waals surface area contributed by atoms with Gasteiger partial charge in [-0.2, -0.15) is 0 Å². The SMILES string of the molecule is O=C1C=CC(c2c[nH]c3ccccc23)=CC1=O. The van der Waals surface area contributed by atoms with Gasteiger partial charge in [0.15, 0.2) is 0 Å². The number of allylic oxidation sites excluding steroid dienone is 4. The molecular formula is C14H9NO2. The zero-order chi connectivity index (χ0) is 11.8. The van der Waals surface area contributed by atoms with E-state index in [1.165, 1.54) is 12.2 Å². The van der Waals surface area contributed by atoms with Crippen LogP contribution in [0.3, 0.4) is 0 Å². The third-order valence-electron chi connectivity index (χ3n) is 2.84. The van der Waals surface area contributed by atoms with Gasteiger partial charge in [-0.05, 0) is 23.8 Å². The van der Waals surface area contributed by atoms with Gasteiger partial charge in [-0.3, -0.25) is 9.59 Å². The molecule has 0 radical (unpaired) electrons. The Hall–Kier alpha value is -2.42. The minimum Gasteiger partial charge on any atom is -0.361 e. The first-order valence-electron chi connectivity index (χ1n) is 5.30. The second-order valence-corrected chi connectivity index (χ2v) is 3.91. The minimum absolute atomic E-state index is 0.464. The van der Waals surface area contributed by atoms with Crippen molar-refractivity contribution >= 4 is 28.0 Å². The van der Waals surface area contributed by atoms with Gasteiger partial charge >= 0.3 is 0 Å². The third-order valence-corrected chi connectivity index (χ3v) is 2.84. The summed E-state index contributed by atoms with van der Waals surface area (Å²) in [6.07, 6.45) is 6.24. The molecule has 1 aliphatic carbocycles. The van der Waals surface area contributed by atoms with E-state index in [0.717, 1.165) is 22.0 Å². The van der Waals surface area contributed by atoms with Crippen LogP contribution < -0.4 is 0 Å². The number of carbonyl (C=O) groups excluding carboxylic acids is 2. The Labute approximate surface area is 97.4 Å². The van der Waals surface area contributed by atoms with E-state index in [0.29, 0.717) is 0 Å². The highest BCUT2D eigenvalue weighted by Gasteiger charge is 2.16. The largest absolute Gasteiger partial charge is 0.361 e. The molecule has 1 aromatic carbocycles. The molecule has 1 aromatic heterocycles. The van der Waals surface area contributed by atoms with Crippen LogP contribution in [0.25, 0.3) is 16.5 Å². The standard InChI is InChI=1S/C14H9NO2/c16-13-6-5-9(7-14(13)17)11-8-15-12-4-2-1-3-10(11)12/h1-8,15H. The minimum atomic E-state index is -0.465. The van der Waals surface area contributed by atoms with Crippen LogP contribution in [-0.2, 0) is 9.59 Å². The van der Waals surface area contributed by atoms with Crippen LogP contribution in [-0.4, -0.2) is 16.6 Å². The normalized spacial score (nSPS) is 15.4. The quantitative estimate of drug-likeness (QED) is 0.595. The molecular weight excluding hydrogens is 214 g/mol. The Morgan fingerprint density at radius 1 is 0.941 bits per heavy atom. The lowest BCUT2D eigenvalue weighted by atomic mass is 9.98. The van der Waals surface area contributed by atoms with Crippen LogP contribution in [0.2, 0.25) is 0 Å². The van der Waals surface area contributed by atoms with Gasteiger partial charge in [0.1, 0.15) is 0 Å². The Morgan fingerprint density at radius 2 is 1.76 bits per heavy atom. The fourth-order valence-electron chi connectivity index (χ4n) is 1.99. The highest BCUT2D eigenvalue weighted by atomic mass is 16.2. The number of hydrogen-bond acceptors (Lipinski definition) is 2. The van der Waals surface area contributed by atoms with E-state index in [9.17, 15) is 9.59 Å². The number of carbonyl (C=O) groups is 2. The van der Waals surface area contributed by atoms with Crippen LogP contribution in [0.15, 0.2) is 48.7 Å². The number of rotatable bonds is 1. The van der Waals surface area contributed by atoms with Gasteiger partial charge in [0.05, 0.1) is 0 Å². The predicted octanol–water partition coefficient (Wildman–Crippen LogP) is 2.26. The van der Waals surface area contributed by atoms with Crippen molar-refractivity contribution in [1.82, 2.24) is 4.98 Å². The number of ketones is 2. The van der Waals surface area contributed by atoms with Crippen molar-refractivity contribution < 1.29 is 9.59 Å². The smallest absolute Gasteiger partial charge is 0.226 e. The molecule has 0 saturated carbocycles. The van der Waals surface area contributed by atoms with Crippen LogP contribution >= 0.6 is 0 Å². The molecule has 1 aliphatic rings. The molecule has 3 heteroatoms. The molecule has 0 saturated heterocycles. The first kappa shape index (κ1) is 9.78. The average molecular weight is 223 g/mol. The molecule has 1 N–H and O–H groups in total. The Bertz CT molecular complexity index is 689. The van der Waals surface area contributed by atoms with E-state index in [-0.39, 0.29) is 0 Å². The van der Waals surface area contributed by atoms with Gasteiger partial charge in [-0.15, -0.1) is 0 Å². The van der Waals surface area contributed by atoms with Crippen molar-refractivity contribution in [1.29, 1.82) is 0 Å². The Balaban J connectivity index is 2.17. The van der Waals surface area contributed by atoms with E-state index in [1.807, 2.05) is 30.5 Å².